The zero-order valence-corrected chi connectivity index (χ0v) is 19.6. The van der Waals surface area contributed by atoms with E-state index in [0.29, 0.717) is 25.2 Å². The molecule has 0 radical (unpaired) electrons. The Hall–Kier alpha value is -3.58. The second-order valence-corrected chi connectivity index (χ2v) is 10.5. The molecule has 0 saturated carbocycles. The van der Waals surface area contributed by atoms with Gasteiger partial charge in [-0.3, -0.25) is 9.10 Å². The summed E-state index contributed by atoms with van der Waals surface area (Å²) in [6, 6.07) is 21.6. The number of nitrogens with one attached hydrogen (secondary N) is 1. The van der Waals surface area contributed by atoms with Gasteiger partial charge in [0.05, 0.1) is 18.0 Å². The van der Waals surface area contributed by atoms with Gasteiger partial charge in [-0.15, -0.1) is 0 Å². The van der Waals surface area contributed by atoms with Gasteiger partial charge in [0.15, 0.2) is 0 Å². The summed E-state index contributed by atoms with van der Waals surface area (Å²) in [5, 5.41) is 2.90. The summed E-state index contributed by atoms with van der Waals surface area (Å²) in [5.74, 6) is 0.988. The molecule has 2 heterocycles. The lowest BCUT2D eigenvalue weighted by Crippen LogP contribution is -2.24. The normalized spacial score (nSPS) is 16.4. The molecule has 1 fully saturated rings. The van der Waals surface area contributed by atoms with E-state index in [0.717, 1.165) is 41.0 Å². The third-order valence-corrected chi connectivity index (χ3v) is 8.02. The van der Waals surface area contributed by atoms with Gasteiger partial charge >= 0.3 is 0 Å². The van der Waals surface area contributed by atoms with Crippen molar-refractivity contribution >= 4 is 27.7 Å². The molecule has 1 N–H and O–H groups in total. The molecule has 0 atom stereocenters. The van der Waals surface area contributed by atoms with E-state index in [4.69, 9.17) is 4.74 Å². The van der Waals surface area contributed by atoms with E-state index in [-0.39, 0.29) is 11.7 Å². The minimum absolute atomic E-state index is 0.186. The molecule has 0 spiro atoms. The molecule has 1 saturated heterocycles. The fraction of sp³-hybridized carbons (Fsp3) is 0.222. The summed E-state index contributed by atoms with van der Waals surface area (Å²) in [4.78, 5) is 12.3. The Labute approximate surface area is 199 Å². The maximum atomic E-state index is 12.3. The van der Waals surface area contributed by atoms with Crippen LogP contribution in [0.1, 0.15) is 23.1 Å². The van der Waals surface area contributed by atoms with E-state index in [1.165, 1.54) is 15.9 Å². The molecule has 7 heteroatoms. The second-order valence-electron chi connectivity index (χ2n) is 8.50. The number of carbonyl (C=O) groups is 1. The smallest absolute Gasteiger partial charge is 0.244 e. The number of rotatable bonds is 6. The van der Waals surface area contributed by atoms with Gasteiger partial charge in [0.25, 0.3) is 0 Å². The second kappa shape index (κ2) is 9.35. The first-order valence-corrected chi connectivity index (χ1v) is 13.0. The van der Waals surface area contributed by atoms with E-state index < -0.39 is 10.0 Å². The number of hydrogen-bond acceptors (Lipinski definition) is 4. The number of amides is 1. The number of carbonyl (C=O) groups excluding carboxylic acids is 1. The summed E-state index contributed by atoms with van der Waals surface area (Å²) in [7, 11) is -3.19. The first-order valence-electron chi connectivity index (χ1n) is 11.4. The van der Waals surface area contributed by atoms with Crippen molar-refractivity contribution in [2.24, 2.45) is 0 Å². The Morgan fingerprint density at radius 3 is 2.50 bits per heavy atom. The molecule has 0 aliphatic carbocycles. The molecule has 34 heavy (non-hydrogen) atoms. The van der Waals surface area contributed by atoms with Crippen LogP contribution in [0.3, 0.4) is 0 Å². The molecule has 3 aromatic carbocycles. The lowest BCUT2D eigenvalue weighted by atomic mass is 10.0. The van der Waals surface area contributed by atoms with Gasteiger partial charge in [-0.05, 0) is 64.6 Å². The summed E-state index contributed by atoms with van der Waals surface area (Å²) in [6.45, 7) is 1.70. The summed E-state index contributed by atoms with van der Waals surface area (Å²) in [5.41, 5.74) is 6.06. The van der Waals surface area contributed by atoms with Crippen LogP contribution in [0.5, 0.6) is 5.75 Å². The highest BCUT2D eigenvalue weighted by Crippen LogP contribution is 2.30. The Balaban J connectivity index is 1.15. The zero-order chi connectivity index (χ0) is 23.5. The molecule has 174 valence electrons. The van der Waals surface area contributed by atoms with Gasteiger partial charge in [-0.1, -0.05) is 42.5 Å². The molecule has 2 aliphatic rings. The van der Waals surface area contributed by atoms with E-state index in [9.17, 15) is 13.2 Å². The van der Waals surface area contributed by atoms with E-state index in [1.807, 2.05) is 30.3 Å². The third kappa shape index (κ3) is 4.84. The Kier molecular flexibility index (Phi) is 6.11. The Bertz CT molecular complexity index is 1330. The number of benzene rings is 3. The zero-order valence-electron chi connectivity index (χ0n) is 18.7. The van der Waals surface area contributed by atoms with Crippen molar-refractivity contribution in [1.82, 2.24) is 5.32 Å². The van der Waals surface area contributed by atoms with Crippen LogP contribution in [-0.4, -0.2) is 33.2 Å². The molecule has 0 unspecified atom stereocenters. The lowest BCUT2D eigenvalue weighted by Gasteiger charge is -2.16. The van der Waals surface area contributed by atoms with Crippen LogP contribution in [0, 0.1) is 0 Å². The number of nitrogens with zero attached hydrogens (tertiary/aromatic N) is 1. The molecule has 3 aromatic rings. The van der Waals surface area contributed by atoms with Gasteiger partial charge in [0.2, 0.25) is 15.9 Å². The van der Waals surface area contributed by atoms with Crippen molar-refractivity contribution in [3.05, 3.63) is 89.5 Å². The highest BCUT2D eigenvalue weighted by molar-refractivity contribution is 7.93. The molecule has 0 bridgehead atoms. The summed E-state index contributed by atoms with van der Waals surface area (Å²) in [6.07, 6.45) is 4.81. The van der Waals surface area contributed by atoms with Crippen LogP contribution in [0.4, 0.5) is 5.69 Å². The number of sulfonamides is 1. The average molecular weight is 475 g/mol. The largest absolute Gasteiger partial charge is 0.493 e. The number of fused-ring (bicyclic) bond motifs is 1. The van der Waals surface area contributed by atoms with Gasteiger partial charge in [-0.25, -0.2) is 8.42 Å². The summed E-state index contributed by atoms with van der Waals surface area (Å²) >= 11 is 0. The standard InChI is InChI=1S/C27H26N2O4S/c30-27(13-6-20-4-10-25(11-5-20)29-15-1-17-34(29,31)32)28-19-21-2-7-22(8-3-21)23-9-12-26-24(18-23)14-16-33-26/h2-13,18H,1,14-17,19H2,(H,28,30)/b13-6+. The van der Waals surface area contributed by atoms with E-state index in [2.05, 4.69) is 29.6 Å². The van der Waals surface area contributed by atoms with Crippen LogP contribution < -0.4 is 14.4 Å². The maximum Gasteiger partial charge on any atom is 0.244 e. The minimum Gasteiger partial charge on any atom is -0.493 e. The molecule has 1 amide bonds. The molecule has 0 aromatic heterocycles. The first kappa shape index (κ1) is 22.2. The van der Waals surface area contributed by atoms with Gasteiger partial charge < -0.3 is 10.1 Å². The topological polar surface area (TPSA) is 75.7 Å². The van der Waals surface area contributed by atoms with Crippen molar-refractivity contribution in [3.8, 4) is 16.9 Å². The number of hydrogen-bond donors (Lipinski definition) is 1. The van der Waals surface area contributed by atoms with Crippen molar-refractivity contribution in [2.45, 2.75) is 19.4 Å². The molecular formula is C27H26N2O4S. The van der Waals surface area contributed by atoms with Crippen LogP contribution in [-0.2, 0) is 27.8 Å². The van der Waals surface area contributed by atoms with Crippen molar-refractivity contribution in [1.29, 1.82) is 0 Å². The lowest BCUT2D eigenvalue weighted by molar-refractivity contribution is -0.116. The molecule has 2 aliphatic heterocycles. The fourth-order valence-corrected chi connectivity index (χ4v) is 5.85. The van der Waals surface area contributed by atoms with Gasteiger partial charge in [0, 0.05) is 25.6 Å². The van der Waals surface area contributed by atoms with Gasteiger partial charge in [0.1, 0.15) is 5.75 Å². The Morgan fingerprint density at radius 2 is 1.76 bits per heavy atom. The highest BCUT2D eigenvalue weighted by atomic mass is 32.2. The average Bonchev–Trinajstić information content (AvgIpc) is 3.47. The fourth-order valence-electron chi connectivity index (χ4n) is 4.28. The van der Waals surface area contributed by atoms with Crippen molar-refractivity contribution < 1.29 is 17.9 Å². The number of anilines is 1. The molecule has 6 nitrogen and oxygen atoms in total. The first-order chi connectivity index (χ1) is 16.5. The maximum absolute atomic E-state index is 12.3. The Morgan fingerprint density at radius 1 is 1.00 bits per heavy atom. The number of ether oxygens (including phenoxy) is 1. The third-order valence-electron chi connectivity index (χ3n) is 6.15. The van der Waals surface area contributed by atoms with Crippen LogP contribution in [0.25, 0.3) is 17.2 Å². The van der Waals surface area contributed by atoms with Crippen molar-refractivity contribution in [2.75, 3.05) is 23.2 Å². The SMILES string of the molecule is O=C(/C=C/c1ccc(N2CCCS2(=O)=O)cc1)NCc1ccc(-c2ccc3c(c2)CCO3)cc1. The minimum atomic E-state index is -3.19. The monoisotopic (exact) mass is 474 g/mol. The molecular weight excluding hydrogens is 448 g/mol. The summed E-state index contributed by atoms with van der Waals surface area (Å²) < 4.78 is 31.1. The molecule has 5 rings (SSSR count). The quantitative estimate of drug-likeness (QED) is 0.545. The van der Waals surface area contributed by atoms with Crippen LogP contribution in [0.2, 0.25) is 0 Å². The van der Waals surface area contributed by atoms with Crippen LogP contribution >= 0.6 is 0 Å². The highest BCUT2D eigenvalue weighted by Gasteiger charge is 2.28. The predicted molar refractivity (Wildman–Crippen MR) is 134 cm³/mol. The van der Waals surface area contributed by atoms with E-state index in [1.54, 1.807) is 18.2 Å². The predicted octanol–water partition coefficient (Wildman–Crippen LogP) is 4.16. The van der Waals surface area contributed by atoms with Crippen LogP contribution in [0.15, 0.2) is 72.8 Å². The van der Waals surface area contributed by atoms with Gasteiger partial charge in [-0.2, -0.15) is 0 Å². The van der Waals surface area contributed by atoms with Crippen molar-refractivity contribution in [3.63, 3.8) is 0 Å². The van der Waals surface area contributed by atoms with E-state index >= 15 is 0 Å².